The normalized spacial score (nSPS) is 14.1. The lowest BCUT2D eigenvalue weighted by Gasteiger charge is -2.27. The second kappa shape index (κ2) is 17.2. The molecule has 0 bridgehead atoms. The summed E-state index contributed by atoms with van der Waals surface area (Å²) < 4.78 is 158. The predicted octanol–water partition coefficient (Wildman–Crippen LogP) is 12.8. The summed E-state index contributed by atoms with van der Waals surface area (Å²) in [5, 5.41) is 0. The van der Waals surface area contributed by atoms with Crippen LogP contribution in [0.4, 0.5) is 43.9 Å². The molecule has 5 nitrogen and oxygen atoms in total. The van der Waals surface area contributed by atoms with E-state index in [1.807, 2.05) is 51.1 Å². The molecular formula is C47H37BF10N2O3. The highest BCUT2D eigenvalue weighted by atomic mass is 19.4. The maximum absolute atomic E-state index is 14.8. The van der Waals surface area contributed by atoms with Gasteiger partial charge in [-0.3, -0.25) is 0 Å². The van der Waals surface area contributed by atoms with Crippen molar-refractivity contribution in [3.8, 4) is 28.1 Å². The molecule has 63 heavy (non-hydrogen) atoms. The Balaban J connectivity index is 1.65. The number of rotatable bonds is 13. The Kier molecular flexibility index (Phi) is 12.3. The molecule has 5 aromatic carbocycles. The lowest BCUT2D eigenvalue weighted by Crippen LogP contribution is -2.48. The zero-order valence-electron chi connectivity index (χ0n) is 34.0. The van der Waals surface area contributed by atoms with Crippen LogP contribution in [-0.2, 0) is 9.31 Å². The van der Waals surface area contributed by atoms with E-state index in [1.54, 1.807) is 66.7 Å². The van der Waals surface area contributed by atoms with E-state index in [0.29, 0.717) is 39.3 Å². The van der Waals surface area contributed by atoms with Gasteiger partial charge in [0.2, 0.25) is 0 Å². The number of benzene rings is 5. The van der Waals surface area contributed by atoms with E-state index in [0.717, 1.165) is 21.2 Å². The van der Waals surface area contributed by atoms with Crippen molar-refractivity contribution in [2.75, 3.05) is 20.3 Å². The van der Waals surface area contributed by atoms with E-state index in [2.05, 4.69) is 0 Å². The number of ether oxygens (including phenoxy) is 1. The van der Waals surface area contributed by atoms with E-state index in [1.165, 1.54) is 37.4 Å². The van der Waals surface area contributed by atoms with Crippen molar-refractivity contribution < 1.29 is 57.9 Å². The van der Waals surface area contributed by atoms with Gasteiger partial charge in [0, 0.05) is 33.5 Å². The SMILES string of the molecule is COc1ccc(-c2cc(-c3ccc(C)c(C)c3)c(/C(=C3\N=C(c4ccc(C)cc4)c4ccccc43)c3ccccc3)n2B(OCC(F)(F)C(F)(F)F)OCC(F)(F)C(F)(F)F)cc1. The van der Waals surface area contributed by atoms with Gasteiger partial charge in [0.25, 0.3) is 0 Å². The van der Waals surface area contributed by atoms with Crippen molar-refractivity contribution in [3.63, 3.8) is 0 Å². The summed E-state index contributed by atoms with van der Waals surface area (Å²) in [7, 11) is -1.40. The molecule has 326 valence electrons. The van der Waals surface area contributed by atoms with Crippen LogP contribution in [0, 0.1) is 20.8 Å². The first-order valence-corrected chi connectivity index (χ1v) is 19.4. The summed E-state index contributed by atoms with van der Waals surface area (Å²) in [4.78, 5) is 5.16. The van der Waals surface area contributed by atoms with Gasteiger partial charge in [0.05, 0.1) is 24.2 Å². The van der Waals surface area contributed by atoms with Crippen molar-refractivity contribution in [3.05, 3.63) is 172 Å². The summed E-state index contributed by atoms with van der Waals surface area (Å²) in [6.07, 6.45) is -12.4. The van der Waals surface area contributed by atoms with Gasteiger partial charge in [-0.1, -0.05) is 103 Å². The third kappa shape index (κ3) is 9.05. The van der Waals surface area contributed by atoms with Crippen LogP contribution >= 0.6 is 0 Å². The van der Waals surface area contributed by atoms with Crippen LogP contribution in [0.25, 0.3) is 33.7 Å². The molecule has 0 saturated carbocycles. The molecule has 0 amide bonds. The highest BCUT2D eigenvalue weighted by molar-refractivity contribution is 6.44. The molecule has 6 aromatic rings. The molecule has 0 atom stereocenters. The smallest absolute Gasteiger partial charge is 0.497 e. The van der Waals surface area contributed by atoms with Crippen molar-refractivity contribution in [2.24, 2.45) is 4.99 Å². The number of aryl methyl sites for hydroxylation is 3. The molecule has 1 aromatic heterocycles. The van der Waals surface area contributed by atoms with Crippen LogP contribution < -0.4 is 4.74 Å². The Hall–Kier alpha value is -6.13. The van der Waals surface area contributed by atoms with Crippen LogP contribution in [0.5, 0.6) is 5.75 Å². The molecular weight excluding hydrogens is 841 g/mol. The second-order valence-electron chi connectivity index (χ2n) is 15.0. The number of aromatic nitrogens is 1. The molecule has 7 rings (SSSR count). The van der Waals surface area contributed by atoms with Gasteiger partial charge >= 0.3 is 31.5 Å². The van der Waals surface area contributed by atoms with Crippen molar-refractivity contribution >= 4 is 24.2 Å². The van der Waals surface area contributed by atoms with E-state index in [-0.39, 0.29) is 33.8 Å². The van der Waals surface area contributed by atoms with Gasteiger partial charge in [-0.2, -0.15) is 43.9 Å². The van der Waals surface area contributed by atoms with Crippen LogP contribution in [0.1, 0.15) is 44.6 Å². The minimum Gasteiger partial charge on any atom is -0.497 e. The Bertz CT molecular complexity index is 2640. The van der Waals surface area contributed by atoms with Crippen molar-refractivity contribution in [1.29, 1.82) is 0 Å². The zero-order chi connectivity index (χ0) is 45.5. The van der Waals surface area contributed by atoms with E-state index < -0.39 is 44.7 Å². The van der Waals surface area contributed by atoms with E-state index in [9.17, 15) is 43.9 Å². The average molecular weight is 879 g/mol. The summed E-state index contributed by atoms with van der Waals surface area (Å²) in [5.74, 6) is -10.9. The first-order chi connectivity index (χ1) is 29.7. The molecule has 1 aliphatic rings. The number of methoxy groups -OCH3 is 1. The fraction of sp³-hybridized carbons (Fsp3) is 0.213. The number of alkyl halides is 10. The Morgan fingerprint density at radius 1 is 0.571 bits per heavy atom. The molecule has 0 N–H and O–H groups in total. The Labute approximate surface area is 356 Å². The molecule has 0 fully saturated rings. The minimum absolute atomic E-state index is 0.0790. The number of aliphatic imine (C=N–C) groups is 1. The zero-order valence-corrected chi connectivity index (χ0v) is 34.0. The first kappa shape index (κ1) is 44.9. The van der Waals surface area contributed by atoms with Crippen LogP contribution in [0.3, 0.4) is 0 Å². The summed E-state index contributed by atoms with van der Waals surface area (Å²) in [5.41, 5.74) is 6.56. The lowest BCUT2D eigenvalue weighted by atomic mass is 9.89. The second-order valence-corrected chi connectivity index (χ2v) is 15.0. The third-order valence-electron chi connectivity index (χ3n) is 10.6. The predicted molar refractivity (Wildman–Crippen MR) is 222 cm³/mol. The largest absolute Gasteiger partial charge is 0.598 e. The molecule has 1 aliphatic heterocycles. The maximum Gasteiger partial charge on any atom is 0.598 e. The van der Waals surface area contributed by atoms with Crippen LogP contribution in [0.15, 0.2) is 132 Å². The van der Waals surface area contributed by atoms with Crippen molar-refractivity contribution in [2.45, 2.75) is 45.0 Å². The monoisotopic (exact) mass is 878 g/mol. The molecule has 0 saturated heterocycles. The van der Waals surface area contributed by atoms with Gasteiger partial charge in [-0.25, -0.2) is 4.99 Å². The standard InChI is InChI=1S/C47H37BF10N2O3/c1-28-14-17-33(18-15-28)41-36-12-8-9-13-37(36)42(59-41)40(32-10-6-5-7-11-32)43-38(34-19-16-29(2)30(3)24-34)25-39(31-20-22-35(61-4)23-21-31)60(43)48(62-26-44(49,50)46(53,54)55)63-27-45(51,52)47(56,57)58/h5-25H,26-27H2,1-4H3/b42-40-. The lowest BCUT2D eigenvalue weighted by molar-refractivity contribution is -0.295. The number of fused-ring (bicyclic) bond motifs is 1. The van der Waals surface area contributed by atoms with Crippen LogP contribution in [0.2, 0.25) is 0 Å². The van der Waals surface area contributed by atoms with Gasteiger partial charge in [-0.05, 0) is 78.9 Å². The fourth-order valence-corrected chi connectivity index (χ4v) is 7.07. The summed E-state index contributed by atoms with van der Waals surface area (Å²) >= 11 is 0. The Morgan fingerprint density at radius 2 is 1.11 bits per heavy atom. The van der Waals surface area contributed by atoms with Crippen LogP contribution in [-0.4, -0.2) is 62.0 Å². The van der Waals surface area contributed by atoms with E-state index >= 15 is 0 Å². The minimum atomic E-state index is -6.21. The number of halogens is 10. The third-order valence-corrected chi connectivity index (χ3v) is 10.6. The van der Waals surface area contributed by atoms with Gasteiger partial charge < -0.3 is 18.5 Å². The number of hydrogen-bond donors (Lipinski definition) is 0. The Morgan fingerprint density at radius 3 is 1.67 bits per heavy atom. The van der Waals surface area contributed by atoms with E-state index in [4.69, 9.17) is 19.0 Å². The molecule has 2 heterocycles. The fourth-order valence-electron chi connectivity index (χ4n) is 7.07. The molecule has 16 heteroatoms. The average Bonchev–Trinajstić information content (AvgIpc) is 3.82. The van der Waals surface area contributed by atoms with Gasteiger partial charge in [0.1, 0.15) is 19.0 Å². The van der Waals surface area contributed by atoms with Gasteiger partial charge in [-0.15, -0.1) is 0 Å². The summed E-state index contributed by atoms with van der Waals surface area (Å²) in [6.45, 7) is 0.531. The highest BCUT2D eigenvalue weighted by Crippen LogP contribution is 2.47. The van der Waals surface area contributed by atoms with Crippen molar-refractivity contribution in [1.82, 2.24) is 4.48 Å². The molecule has 0 unspecified atom stereocenters. The maximum atomic E-state index is 14.8. The molecule has 0 spiro atoms. The first-order valence-electron chi connectivity index (χ1n) is 19.4. The number of nitrogens with zero attached hydrogens (tertiary/aromatic N) is 2. The summed E-state index contributed by atoms with van der Waals surface area (Å²) in [6, 6.07) is 35.8. The number of hydrogen-bond acceptors (Lipinski definition) is 4. The highest BCUT2D eigenvalue weighted by Gasteiger charge is 2.60. The topological polar surface area (TPSA) is 45.0 Å². The molecule has 0 radical (unpaired) electrons. The molecule has 0 aliphatic carbocycles. The van der Waals surface area contributed by atoms with Gasteiger partial charge in [0.15, 0.2) is 0 Å². The quantitative estimate of drug-likeness (QED) is 0.0858.